The Bertz CT molecular complexity index is 625. The first-order valence-electron chi connectivity index (χ1n) is 8.14. The average Bonchev–Trinajstić information content (AvgIpc) is 3.17. The second-order valence-corrected chi connectivity index (χ2v) is 6.31. The van der Waals surface area contributed by atoms with Gasteiger partial charge in [-0.05, 0) is 42.5 Å². The summed E-state index contributed by atoms with van der Waals surface area (Å²) in [5.41, 5.74) is 1.79. The molecule has 24 heavy (non-hydrogen) atoms. The van der Waals surface area contributed by atoms with Gasteiger partial charge in [0.2, 0.25) is 0 Å². The van der Waals surface area contributed by atoms with E-state index in [2.05, 4.69) is 5.32 Å². The Labute approximate surface area is 140 Å². The number of fused-ring (bicyclic) bond motifs is 1. The number of benzene rings is 1. The molecule has 1 aromatic rings. The molecule has 0 radical (unpaired) electrons. The Morgan fingerprint density at radius 3 is 2.92 bits per heavy atom. The van der Waals surface area contributed by atoms with Crippen LogP contribution in [0.15, 0.2) is 12.1 Å². The summed E-state index contributed by atoms with van der Waals surface area (Å²) in [7, 11) is 3.03. The zero-order chi connectivity index (χ0) is 17.3. The number of nitrogens with zero attached hydrogens (tertiary/aromatic N) is 1. The fraction of sp³-hybridized carbons (Fsp3) is 0.588. The third-order valence-electron chi connectivity index (χ3n) is 4.97. The van der Waals surface area contributed by atoms with Crippen LogP contribution in [0.2, 0.25) is 0 Å². The molecule has 1 aliphatic carbocycles. The van der Waals surface area contributed by atoms with Crippen LogP contribution in [0, 0.1) is 5.82 Å². The Hall–Kier alpha value is -1.86. The van der Waals surface area contributed by atoms with Crippen molar-refractivity contribution in [2.24, 2.45) is 0 Å². The van der Waals surface area contributed by atoms with Crippen molar-refractivity contribution < 1.29 is 23.8 Å². The smallest absolute Gasteiger partial charge is 0.318 e. The molecule has 0 aromatic heterocycles. The minimum atomic E-state index is -0.383. The molecule has 2 aliphatic rings. The van der Waals surface area contributed by atoms with E-state index in [9.17, 15) is 14.3 Å². The molecular formula is C17H23FN2O4. The van der Waals surface area contributed by atoms with Crippen molar-refractivity contribution in [1.82, 2.24) is 10.2 Å². The molecule has 132 valence electrons. The lowest BCUT2D eigenvalue weighted by atomic mass is 10.1. The van der Waals surface area contributed by atoms with Crippen molar-refractivity contribution in [3.8, 4) is 5.75 Å². The highest BCUT2D eigenvalue weighted by molar-refractivity contribution is 5.76. The average molecular weight is 338 g/mol. The second-order valence-electron chi connectivity index (χ2n) is 6.31. The number of halogens is 1. The summed E-state index contributed by atoms with van der Waals surface area (Å²) in [5, 5.41) is 12.5. The number of aliphatic hydroxyl groups excluding tert-OH is 1. The number of likely N-dealkylation sites (tertiary alicyclic amines) is 1. The van der Waals surface area contributed by atoms with Crippen molar-refractivity contribution in [2.45, 2.75) is 37.5 Å². The molecular weight excluding hydrogens is 315 g/mol. The van der Waals surface area contributed by atoms with Crippen LogP contribution in [0.4, 0.5) is 9.18 Å². The van der Waals surface area contributed by atoms with Gasteiger partial charge in [-0.15, -0.1) is 0 Å². The van der Waals surface area contributed by atoms with E-state index in [1.54, 1.807) is 18.1 Å². The maximum Gasteiger partial charge on any atom is 0.318 e. The highest BCUT2D eigenvalue weighted by atomic mass is 19.1. The number of carbonyl (C=O) groups is 1. The summed E-state index contributed by atoms with van der Waals surface area (Å²) < 4.78 is 24.1. The lowest BCUT2D eigenvalue weighted by Gasteiger charge is -2.25. The molecule has 1 heterocycles. The van der Waals surface area contributed by atoms with E-state index in [-0.39, 0.29) is 42.4 Å². The quantitative estimate of drug-likeness (QED) is 0.875. The number of aryl methyl sites for hydroxylation is 1. The zero-order valence-electron chi connectivity index (χ0n) is 13.9. The molecule has 0 saturated carbocycles. The number of rotatable bonds is 4. The van der Waals surface area contributed by atoms with E-state index in [1.165, 1.54) is 13.2 Å². The molecule has 2 N–H and O–H groups in total. The van der Waals surface area contributed by atoms with Gasteiger partial charge in [0, 0.05) is 13.7 Å². The molecule has 1 aliphatic heterocycles. The number of methoxy groups -OCH3 is 2. The van der Waals surface area contributed by atoms with E-state index in [0.29, 0.717) is 19.4 Å². The Morgan fingerprint density at radius 2 is 2.25 bits per heavy atom. The van der Waals surface area contributed by atoms with Crippen molar-refractivity contribution in [2.75, 3.05) is 27.4 Å². The van der Waals surface area contributed by atoms with E-state index >= 15 is 0 Å². The van der Waals surface area contributed by atoms with Gasteiger partial charge in [-0.25, -0.2) is 9.18 Å². The number of urea groups is 1. The van der Waals surface area contributed by atoms with Crippen LogP contribution in [0.25, 0.3) is 0 Å². The minimum absolute atomic E-state index is 0.0574. The maximum absolute atomic E-state index is 13.8. The first-order valence-corrected chi connectivity index (χ1v) is 8.14. The van der Waals surface area contributed by atoms with Crippen LogP contribution < -0.4 is 10.1 Å². The third-order valence-corrected chi connectivity index (χ3v) is 4.97. The minimum Gasteiger partial charge on any atom is -0.494 e. The summed E-state index contributed by atoms with van der Waals surface area (Å²) in [6.07, 6.45) is 2.00. The molecule has 1 unspecified atom stereocenters. The third kappa shape index (κ3) is 3.06. The van der Waals surface area contributed by atoms with Gasteiger partial charge in [0.05, 0.1) is 31.9 Å². The molecule has 0 bridgehead atoms. The molecule has 1 fully saturated rings. The Balaban J connectivity index is 1.73. The first-order chi connectivity index (χ1) is 11.6. The first kappa shape index (κ1) is 17.0. The number of aliphatic hydroxyl groups is 1. The molecule has 6 nitrogen and oxygen atoms in total. The van der Waals surface area contributed by atoms with Crippen molar-refractivity contribution in [3.05, 3.63) is 29.1 Å². The van der Waals surface area contributed by atoms with Gasteiger partial charge in [-0.1, -0.05) is 0 Å². The standard InChI is InChI=1S/C17H23FN2O4/c1-23-12-6-11(9-21)20(8-12)17(22)19-15-4-3-10-5-14(18)16(24-2)7-13(10)15/h5,7,11-12,15,21H,3-4,6,8-9H2,1-2H3,(H,19,22)/t11-,12-,15?/m0/s1. The molecule has 3 atom stereocenters. The lowest BCUT2D eigenvalue weighted by molar-refractivity contribution is 0.110. The summed E-state index contributed by atoms with van der Waals surface area (Å²) in [5.74, 6) is -0.199. The summed E-state index contributed by atoms with van der Waals surface area (Å²) in [6.45, 7) is 0.368. The molecule has 2 amide bonds. The van der Waals surface area contributed by atoms with Crippen LogP contribution >= 0.6 is 0 Å². The van der Waals surface area contributed by atoms with Crippen LogP contribution in [-0.2, 0) is 11.2 Å². The van der Waals surface area contributed by atoms with Gasteiger partial charge >= 0.3 is 6.03 Å². The predicted molar refractivity (Wildman–Crippen MR) is 85.5 cm³/mol. The normalized spacial score (nSPS) is 25.7. The van der Waals surface area contributed by atoms with E-state index in [1.807, 2.05) is 0 Å². The second kappa shape index (κ2) is 6.94. The Kier molecular flexibility index (Phi) is 4.91. The number of carbonyl (C=O) groups excluding carboxylic acids is 1. The van der Waals surface area contributed by atoms with Crippen molar-refractivity contribution in [3.63, 3.8) is 0 Å². The van der Waals surface area contributed by atoms with Gasteiger partial charge < -0.3 is 24.8 Å². The number of hydrogen-bond donors (Lipinski definition) is 2. The molecule has 1 saturated heterocycles. The van der Waals surface area contributed by atoms with Gasteiger partial charge in [0.15, 0.2) is 11.6 Å². The molecule has 0 spiro atoms. The number of amides is 2. The van der Waals surface area contributed by atoms with Gasteiger partial charge in [-0.2, -0.15) is 0 Å². The Morgan fingerprint density at radius 1 is 1.46 bits per heavy atom. The topological polar surface area (TPSA) is 71.0 Å². The van der Waals surface area contributed by atoms with Crippen LogP contribution in [0.3, 0.4) is 0 Å². The fourth-order valence-corrected chi connectivity index (χ4v) is 3.61. The van der Waals surface area contributed by atoms with Gasteiger partial charge in [-0.3, -0.25) is 0 Å². The number of ether oxygens (including phenoxy) is 2. The largest absolute Gasteiger partial charge is 0.494 e. The van der Waals surface area contributed by atoms with Gasteiger partial charge in [0.1, 0.15) is 0 Å². The highest BCUT2D eigenvalue weighted by Gasteiger charge is 2.36. The van der Waals surface area contributed by atoms with Crippen molar-refractivity contribution in [1.29, 1.82) is 0 Å². The van der Waals surface area contributed by atoms with E-state index < -0.39 is 0 Å². The summed E-state index contributed by atoms with van der Waals surface area (Å²) in [6, 6.07) is 2.50. The lowest BCUT2D eigenvalue weighted by Crippen LogP contribution is -2.45. The van der Waals surface area contributed by atoms with Gasteiger partial charge in [0.25, 0.3) is 0 Å². The van der Waals surface area contributed by atoms with Crippen molar-refractivity contribution >= 4 is 6.03 Å². The summed E-state index contributed by atoms with van der Waals surface area (Å²) in [4.78, 5) is 14.2. The predicted octanol–water partition coefficient (Wildman–Crippen LogP) is 1.61. The van der Waals surface area contributed by atoms with E-state index in [0.717, 1.165) is 17.5 Å². The summed E-state index contributed by atoms with van der Waals surface area (Å²) >= 11 is 0. The fourth-order valence-electron chi connectivity index (χ4n) is 3.61. The van der Waals surface area contributed by atoms with Crippen LogP contribution in [-0.4, -0.2) is 55.6 Å². The highest BCUT2D eigenvalue weighted by Crippen LogP contribution is 2.35. The van der Waals surface area contributed by atoms with Crippen LogP contribution in [0.1, 0.15) is 30.0 Å². The SMILES string of the molecule is COc1cc2c(cc1F)CCC2NC(=O)N1C[C@@H](OC)C[C@H]1CO. The molecule has 3 rings (SSSR count). The number of hydrogen-bond acceptors (Lipinski definition) is 4. The maximum atomic E-state index is 13.8. The molecule has 1 aromatic carbocycles. The van der Waals surface area contributed by atoms with Crippen LogP contribution in [0.5, 0.6) is 5.75 Å². The molecule has 7 heteroatoms. The monoisotopic (exact) mass is 338 g/mol. The zero-order valence-corrected chi connectivity index (χ0v) is 13.9. The van der Waals surface area contributed by atoms with E-state index in [4.69, 9.17) is 9.47 Å². The number of nitrogens with one attached hydrogen (secondary N) is 1.